The Bertz CT molecular complexity index is 599. The van der Waals surface area contributed by atoms with Gasteiger partial charge < -0.3 is 5.11 Å². The summed E-state index contributed by atoms with van der Waals surface area (Å²) in [6.45, 7) is 0. The molecule has 7 heteroatoms. The van der Waals surface area contributed by atoms with Gasteiger partial charge in [-0.3, -0.25) is 0 Å². The number of rotatable bonds is 6. The van der Waals surface area contributed by atoms with Crippen LogP contribution in [0.3, 0.4) is 0 Å². The van der Waals surface area contributed by atoms with E-state index in [1.165, 1.54) is 12.1 Å². The average Bonchev–Trinajstić information content (AvgIpc) is 2.90. The van der Waals surface area contributed by atoms with Gasteiger partial charge in [-0.05, 0) is 37.0 Å². The fraction of sp³-hybridized carbons (Fsp3) is 0.429. The van der Waals surface area contributed by atoms with Crippen molar-refractivity contribution in [3.63, 3.8) is 0 Å². The maximum absolute atomic E-state index is 12.8. The highest BCUT2D eigenvalue weighted by Crippen LogP contribution is 2.38. The van der Waals surface area contributed by atoms with Crippen LogP contribution in [0, 0.1) is 5.82 Å². The summed E-state index contributed by atoms with van der Waals surface area (Å²) in [7, 11) is 0. The van der Waals surface area contributed by atoms with Crippen LogP contribution in [0.5, 0.6) is 0 Å². The maximum atomic E-state index is 12.8. The number of aromatic nitrogens is 2. The molecule has 1 saturated carbocycles. The molecule has 1 aromatic carbocycles. The van der Waals surface area contributed by atoms with Gasteiger partial charge in [0.05, 0.1) is 5.60 Å². The van der Waals surface area contributed by atoms with Crippen LogP contribution in [0.4, 0.5) is 4.39 Å². The number of thioether (sulfide) groups is 2. The fourth-order valence-electron chi connectivity index (χ4n) is 1.96. The Morgan fingerprint density at radius 2 is 1.81 bits per heavy atom. The molecule has 0 unspecified atom stereocenters. The molecule has 1 aromatic heterocycles. The average molecular weight is 342 g/mol. The predicted molar refractivity (Wildman–Crippen MR) is 85.4 cm³/mol. The van der Waals surface area contributed by atoms with Crippen molar-refractivity contribution in [1.82, 2.24) is 10.2 Å². The molecule has 0 radical (unpaired) electrons. The first-order valence-electron chi connectivity index (χ1n) is 6.69. The molecule has 3 nitrogen and oxygen atoms in total. The third-order valence-corrected chi connectivity index (χ3v) is 6.95. The van der Waals surface area contributed by atoms with E-state index in [1.807, 2.05) is 0 Å². The van der Waals surface area contributed by atoms with E-state index < -0.39 is 5.60 Å². The quantitative estimate of drug-likeness (QED) is 0.805. The largest absolute Gasteiger partial charge is 0.389 e. The Labute approximate surface area is 135 Å². The molecule has 21 heavy (non-hydrogen) atoms. The molecule has 0 saturated heterocycles. The molecule has 1 heterocycles. The number of hydrogen-bond acceptors (Lipinski definition) is 6. The molecular weight excluding hydrogens is 327 g/mol. The van der Waals surface area contributed by atoms with E-state index >= 15 is 0 Å². The molecule has 1 aliphatic rings. The van der Waals surface area contributed by atoms with E-state index in [-0.39, 0.29) is 5.82 Å². The lowest BCUT2D eigenvalue weighted by Crippen LogP contribution is -2.39. The van der Waals surface area contributed by atoms with Crippen LogP contribution in [0.1, 0.15) is 24.8 Å². The van der Waals surface area contributed by atoms with Crippen molar-refractivity contribution < 1.29 is 9.50 Å². The molecule has 1 fully saturated rings. The van der Waals surface area contributed by atoms with Gasteiger partial charge in [-0.15, -0.1) is 10.2 Å². The molecule has 1 aliphatic carbocycles. The molecule has 3 rings (SSSR count). The van der Waals surface area contributed by atoms with E-state index in [0.29, 0.717) is 5.75 Å². The molecule has 2 aromatic rings. The van der Waals surface area contributed by atoms with Gasteiger partial charge in [0.2, 0.25) is 0 Å². The number of nitrogens with zero attached hydrogens (tertiary/aromatic N) is 2. The Balaban J connectivity index is 1.49. The van der Waals surface area contributed by atoms with Gasteiger partial charge in [-0.1, -0.05) is 47.0 Å². The summed E-state index contributed by atoms with van der Waals surface area (Å²) in [6.07, 6.45) is 2.90. The van der Waals surface area contributed by atoms with Gasteiger partial charge in [0.15, 0.2) is 8.68 Å². The standard InChI is InChI=1S/C14H15FN2OS3/c15-11-4-2-10(3-5-11)8-19-12-16-17-13(21-12)20-9-14(18)6-1-7-14/h2-5,18H,1,6-9H2. The monoisotopic (exact) mass is 342 g/mol. The summed E-state index contributed by atoms with van der Waals surface area (Å²) < 4.78 is 14.6. The zero-order valence-corrected chi connectivity index (χ0v) is 13.7. The van der Waals surface area contributed by atoms with Gasteiger partial charge in [0, 0.05) is 11.5 Å². The summed E-state index contributed by atoms with van der Waals surface area (Å²) in [5, 5.41) is 18.3. The van der Waals surface area contributed by atoms with Crippen LogP contribution in [0.2, 0.25) is 0 Å². The zero-order chi connectivity index (χ0) is 14.7. The third-order valence-electron chi connectivity index (χ3n) is 3.41. The normalized spacial score (nSPS) is 16.7. The lowest BCUT2D eigenvalue weighted by Gasteiger charge is -2.35. The Kier molecular flexibility index (Phi) is 4.83. The number of halogens is 1. The van der Waals surface area contributed by atoms with E-state index in [1.54, 1.807) is 47.0 Å². The molecule has 112 valence electrons. The first-order chi connectivity index (χ1) is 10.1. The summed E-state index contributed by atoms with van der Waals surface area (Å²) in [4.78, 5) is 0. The molecular formula is C14H15FN2OS3. The minimum atomic E-state index is -0.488. The molecule has 0 bridgehead atoms. The first-order valence-corrected chi connectivity index (χ1v) is 9.48. The number of hydrogen-bond donors (Lipinski definition) is 1. The van der Waals surface area contributed by atoms with Crippen molar-refractivity contribution in [2.45, 2.75) is 39.3 Å². The summed E-state index contributed by atoms with van der Waals surface area (Å²) in [5.74, 6) is 1.24. The van der Waals surface area contributed by atoms with Crippen molar-refractivity contribution in [2.24, 2.45) is 0 Å². The highest BCUT2D eigenvalue weighted by molar-refractivity contribution is 8.02. The SMILES string of the molecule is OC1(CSc2nnc(SCc3ccc(F)cc3)s2)CCC1. The van der Waals surface area contributed by atoms with Crippen LogP contribution in [0.25, 0.3) is 0 Å². The van der Waals surface area contributed by atoms with Crippen LogP contribution in [0.15, 0.2) is 32.9 Å². The van der Waals surface area contributed by atoms with Crippen molar-refractivity contribution in [2.75, 3.05) is 5.75 Å². The van der Waals surface area contributed by atoms with E-state index in [9.17, 15) is 9.50 Å². The first kappa shape index (κ1) is 15.3. The topological polar surface area (TPSA) is 46.0 Å². The molecule has 0 amide bonds. The van der Waals surface area contributed by atoms with Crippen molar-refractivity contribution in [3.05, 3.63) is 35.6 Å². The van der Waals surface area contributed by atoms with Gasteiger partial charge in [0.25, 0.3) is 0 Å². The van der Waals surface area contributed by atoms with Crippen LogP contribution >= 0.6 is 34.9 Å². The van der Waals surface area contributed by atoms with Gasteiger partial charge >= 0.3 is 0 Å². The molecule has 0 aliphatic heterocycles. The Hall–Kier alpha value is -0.630. The van der Waals surface area contributed by atoms with E-state index in [0.717, 1.165) is 39.3 Å². The van der Waals surface area contributed by atoms with Crippen LogP contribution in [-0.2, 0) is 5.75 Å². The Morgan fingerprint density at radius 1 is 1.14 bits per heavy atom. The number of benzene rings is 1. The lowest BCUT2D eigenvalue weighted by molar-refractivity contribution is -0.00989. The van der Waals surface area contributed by atoms with Crippen molar-refractivity contribution >= 4 is 34.9 Å². The molecule has 0 spiro atoms. The lowest BCUT2D eigenvalue weighted by atomic mass is 9.82. The fourth-order valence-corrected chi connectivity index (χ4v) is 5.09. The number of aliphatic hydroxyl groups is 1. The smallest absolute Gasteiger partial charge is 0.175 e. The molecule has 0 atom stereocenters. The van der Waals surface area contributed by atoms with E-state index in [2.05, 4.69) is 10.2 Å². The van der Waals surface area contributed by atoms with Crippen LogP contribution in [-0.4, -0.2) is 26.7 Å². The minimum absolute atomic E-state index is 0.215. The van der Waals surface area contributed by atoms with Crippen molar-refractivity contribution in [3.8, 4) is 0 Å². The van der Waals surface area contributed by atoms with E-state index in [4.69, 9.17) is 0 Å². The molecule has 1 N–H and O–H groups in total. The summed E-state index contributed by atoms with van der Waals surface area (Å²) >= 11 is 4.73. The van der Waals surface area contributed by atoms with Crippen molar-refractivity contribution in [1.29, 1.82) is 0 Å². The van der Waals surface area contributed by atoms with Crippen LogP contribution < -0.4 is 0 Å². The third kappa shape index (κ3) is 4.18. The van der Waals surface area contributed by atoms with Gasteiger partial charge in [0.1, 0.15) is 5.82 Å². The minimum Gasteiger partial charge on any atom is -0.389 e. The second-order valence-electron chi connectivity index (χ2n) is 5.12. The zero-order valence-electron chi connectivity index (χ0n) is 11.3. The highest BCUT2D eigenvalue weighted by Gasteiger charge is 2.34. The highest BCUT2D eigenvalue weighted by atomic mass is 32.2. The van der Waals surface area contributed by atoms with Gasteiger partial charge in [-0.2, -0.15) is 0 Å². The second-order valence-corrected chi connectivity index (χ2v) is 8.54. The summed E-state index contributed by atoms with van der Waals surface area (Å²) in [5.41, 5.74) is 0.576. The predicted octanol–water partition coefficient (Wildman–Crippen LogP) is 3.98. The maximum Gasteiger partial charge on any atom is 0.175 e. The van der Waals surface area contributed by atoms with Gasteiger partial charge in [-0.25, -0.2) is 4.39 Å². The summed E-state index contributed by atoms with van der Waals surface area (Å²) in [6, 6.07) is 6.50. The second kappa shape index (κ2) is 6.64. The Morgan fingerprint density at radius 3 is 2.43 bits per heavy atom.